The molecule has 0 amide bonds. The van der Waals surface area contributed by atoms with Gasteiger partial charge in [0.25, 0.3) is 0 Å². The molecule has 0 aromatic rings. The Balaban J connectivity index is 0.000000292. The van der Waals surface area contributed by atoms with Crippen LogP contribution in [0.1, 0.15) is 32.1 Å². The summed E-state index contributed by atoms with van der Waals surface area (Å²) in [6.07, 6.45) is 11.2. The largest absolute Gasteiger partial charge is 0.499 e. The van der Waals surface area contributed by atoms with Crippen molar-refractivity contribution in [1.82, 2.24) is 0 Å². The summed E-state index contributed by atoms with van der Waals surface area (Å²) in [6.45, 7) is 10.0. The van der Waals surface area contributed by atoms with E-state index < -0.39 is 0 Å². The van der Waals surface area contributed by atoms with E-state index in [1.807, 2.05) is 0 Å². The first-order valence-electron chi connectivity index (χ1n) is 4.98. The van der Waals surface area contributed by atoms with Crippen LogP contribution in [0.3, 0.4) is 0 Å². The Hall–Kier alpha value is -1.18. The fourth-order valence-electron chi connectivity index (χ4n) is 1.41. The Bertz CT molecular complexity index is 152. The number of hydrogen-bond acceptors (Lipinski definition) is 2. The molecule has 1 fully saturated rings. The molecule has 0 aliphatic heterocycles. The first kappa shape index (κ1) is 12.8. The van der Waals surface area contributed by atoms with Gasteiger partial charge in [0.05, 0.1) is 24.9 Å². The van der Waals surface area contributed by atoms with Gasteiger partial charge >= 0.3 is 0 Å². The first-order valence-corrected chi connectivity index (χ1v) is 4.98. The van der Waals surface area contributed by atoms with Crippen LogP contribution in [0.15, 0.2) is 38.5 Å². The molecule has 0 aromatic carbocycles. The molecule has 1 aliphatic carbocycles. The van der Waals surface area contributed by atoms with E-state index in [4.69, 9.17) is 4.74 Å². The van der Waals surface area contributed by atoms with Crippen molar-refractivity contribution in [3.8, 4) is 0 Å². The summed E-state index contributed by atoms with van der Waals surface area (Å²) < 4.78 is 9.61. The van der Waals surface area contributed by atoms with Crippen LogP contribution in [-0.4, -0.2) is 6.10 Å². The molecular formula is C12H20O2. The Labute approximate surface area is 86.9 Å². The Morgan fingerprint density at radius 3 is 1.79 bits per heavy atom. The van der Waals surface area contributed by atoms with Gasteiger partial charge in [0.15, 0.2) is 0 Å². The van der Waals surface area contributed by atoms with Crippen LogP contribution in [0.2, 0.25) is 0 Å². The standard InChI is InChI=1S/C8H14O.C4H6O/c1-2-9-8-6-4-3-5-7-8;1-3-5-4-2/h2,8H,1,3-7H2;3-4H,1-2H2. The zero-order valence-electron chi connectivity index (χ0n) is 8.78. The minimum absolute atomic E-state index is 0.483. The molecule has 1 aliphatic rings. The van der Waals surface area contributed by atoms with Gasteiger partial charge in [-0.25, -0.2) is 0 Å². The molecule has 14 heavy (non-hydrogen) atoms. The SMILES string of the molecule is C=COC1CCCCC1.C=COC=C. The maximum atomic E-state index is 5.25. The number of hydrogen-bond donors (Lipinski definition) is 0. The van der Waals surface area contributed by atoms with Crippen molar-refractivity contribution in [3.05, 3.63) is 38.5 Å². The molecule has 0 bridgehead atoms. The molecule has 1 rings (SSSR count). The molecule has 1 saturated carbocycles. The molecule has 0 spiro atoms. The van der Waals surface area contributed by atoms with Gasteiger partial charge in [0.2, 0.25) is 0 Å². The lowest BCUT2D eigenvalue weighted by molar-refractivity contribution is 0.107. The van der Waals surface area contributed by atoms with E-state index in [1.54, 1.807) is 6.26 Å². The van der Waals surface area contributed by atoms with Gasteiger partial charge in [0.1, 0.15) is 0 Å². The molecule has 80 valence electrons. The smallest absolute Gasteiger partial charge is 0.0978 e. The normalized spacial score (nSPS) is 15.7. The van der Waals surface area contributed by atoms with Gasteiger partial charge in [-0.15, -0.1) is 0 Å². The summed E-state index contributed by atoms with van der Waals surface area (Å²) in [6, 6.07) is 0. The third-order valence-corrected chi connectivity index (χ3v) is 2.03. The lowest BCUT2D eigenvalue weighted by Gasteiger charge is -2.20. The Morgan fingerprint density at radius 1 is 0.857 bits per heavy atom. The highest BCUT2D eigenvalue weighted by Gasteiger charge is 2.11. The van der Waals surface area contributed by atoms with E-state index in [0.29, 0.717) is 6.10 Å². The van der Waals surface area contributed by atoms with Crippen molar-refractivity contribution in [2.24, 2.45) is 0 Å². The van der Waals surface area contributed by atoms with Crippen molar-refractivity contribution in [1.29, 1.82) is 0 Å². The van der Waals surface area contributed by atoms with Gasteiger partial charge in [-0.05, 0) is 25.7 Å². The highest BCUT2D eigenvalue weighted by Crippen LogP contribution is 2.19. The molecule has 0 heterocycles. The van der Waals surface area contributed by atoms with E-state index in [0.717, 1.165) is 0 Å². The second-order valence-electron chi connectivity index (χ2n) is 3.03. The molecule has 0 aromatic heterocycles. The van der Waals surface area contributed by atoms with E-state index in [1.165, 1.54) is 44.6 Å². The minimum Gasteiger partial charge on any atom is -0.499 e. The van der Waals surface area contributed by atoms with Crippen molar-refractivity contribution in [3.63, 3.8) is 0 Å². The molecule has 2 heteroatoms. The zero-order valence-corrected chi connectivity index (χ0v) is 8.78. The van der Waals surface area contributed by atoms with Crippen LogP contribution < -0.4 is 0 Å². The molecule has 0 unspecified atom stereocenters. The summed E-state index contributed by atoms with van der Waals surface area (Å²) in [7, 11) is 0. The lowest BCUT2D eigenvalue weighted by Crippen LogP contribution is -2.13. The fraction of sp³-hybridized carbons (Fsp3) is 0.500. The Morgan fingerprint density at radius 2 is 1.43 bits per heavy atom. The highest BCUT2D eigenvalue weighted by molar-refractivity contribution is 4.67. The van der Waals surface area contributed by atoms with E-state index >= 15 is 0 Å². The maximum Gasteiger partial charge on any atom is 0.0978 e. The molecule has 2 nitrogen and oxygen atoms in total. The summed E-state index contributed by atoms with van der Waals surface area (Å²) in [5.41, 5.74) is 0. The van der Waals surface area contributed by atoms with Crippen LogP contribution in [-0.2, 0) is 9.47 Å². The minimum atomic E-state index is 0.483. The van der Waals surface area contributed by atoms with Gasteiger partial charge in [0, 0.05) is 0 Å². The molecule has 0 N–H and O–H groups in total. The highest BCUT2D eigenvalue weighted by atomic mass is 16.5. The van der Waals surface area contributed by atoms with Crippen molar-refractivity contribution in [2.75, 3.05) is 0 Å². The number of ether oxygens (including phenoxy) is 2. The van der Waals surface area contributed by atoms with Gasteiger partial charge in [-0.1, -0.05) is 26.2 Å². The van der Waals surface area contributed by atoms with Gasteiger partial charge in [-0.2, -0.15) is 0 Å². The summed E-state index contributed by atoms with van der Waals surface area (Å²) in [5.74, 6) is 0. The molecule has 0 saturated heterocycles. The maximum absolute atomic E-state index is 5.25. The van der Waals surface area contributed by atoms with Crippen LogP contribution >= 0.6 is 0 Å². The van der Waals surface area contributed by atoms with Crippen LogP contribution in [0.25, 0.3) is 0 Å². The number of rotatable bonds is 4. The predicted molar refractivity (Wildman–Crippen MR) is 59.6 cm³/mol. The summed E-state index contributed by atoms with van der Waals surface area (Å²) >= 11 is 0. The summed E-state index contributed by atoms with van der Waals surface area (Å²) in [5, 5.41) is 0. The molecule has 0 atom stereocenters. The van der Waals surface area contributed by atoms with Crippen molar-refractivity contribution in [2.45, 2.75) is 38.2 Å². The molecule has 0 radical (unpaired) electrons. The monoisotopic (exact) mass is 196 g/mol. The van der Waals surface area contributed by atoms with E-state index in [9.17, 15) is 0 Å². The molecular weight excluding hydrogens is 176 g/mol. The van der Waals surface area contributed by atoms with Crippen molar-refractivity contribution >= 4 is 0 Å². The van der Waals surface area contributed by atoms with Gasteiger partial charge in [-0.3, -0.25) is 0 Å². The van der Waals surface area contributed by atoms with Crippen LogP contribution in [0.5, 0.6) is 0 Å². The van der Waals surface area contributed by atoms with Gasteiger partial charge < -0.3 is 9.47 Å². The van der Waals surface area contributed by atoms with Crippen molar-refractivity contribution < 1.29 is 9.47 Å². The van der Waals surface area contributed by atoms with Crippen LogP contribution in [0.4, 0.5) is 0 Å². The van der Waals surface area contributed by atoms with E-state index in [2.05, 4.69) is 24.5 Å². The zero-order chi connectivity index (χ0) is 10.6. The third-order valence-electron chi connectivity index (χ3n) is 2.03. The lowest BCUT2D eigenvalue weighted by atomic mass is 9.98. The average molecular weight is 196 g/mol. The van der Waals surface area contributed by atoms with E-state index in [-0.39, 0.29) is 0 Å². The average Bonchev–Trinajstić information content (AvgIpc) is 2.22. The summed E-state index contributed by atoms with van der Waals surface area (Å²) in [4.78, 5) is 0. The van der Waals surface area contributed by atoms with Crippen LogP contribution in [0, 0.1) is 0 Å². The second-order valence-corrected chi connectivity index (χ2v) is 3.03. The fourth-order valence-corrected chi connectivity index (χ4v) is 1.41. The first-order chi connectivity index (χ1) is 6.85. The third kappa shape index (κ3) is 7.47. The predicted octanol–water partition coefficient (Wildman–Crippen LogP) is 3.77. The quantitative estimate of drug-likeness (QED) is 0.637. The Kier molecular flexibility index (Phi) is 9.07. The topological polar surface area (TPSA) is 18.5 Å². The second kappa shape index (κ2) is 9.90.